The number of carboxylic acids is 1. The van der Waals surface area contributed by atoms with Crippen LogP contribution in [0.5, 0.6) is 5.75 Å². The van der Waals surface area contributed by atoms with E-state index < -0.39 is 27.9 Å². The molecule has 9 heteroatoms. The molecule has 1 unspecified atom stereocenters. The van der Waals surface area contributed by atoms with Crippen molar-refractivity contribution < 1.29 is 57.5 Å². The minimum atomic E-state index is -4.33. The molecule has 0 aliphatic carbocycles. The Hall–Kier alpha value is -0.640. The van der Waals surface area contributed by atoms with Gasteiger partial charge < -0.3 is 20.7 Å². The van der Waals surface area contributed by atoms with E-state index in [0.717, 1.165) is 12.1 Å². The van der Waals surface area contributed by atoms with Crippen LogP contribution in [0, 0.1) is 0 Å². The molecule has 0 aliphatic heterocycles. The quantitative estimate of drug-likeness (QED) is 0.374. The second-order valence-electron chi connectivity index (χ2n) is 3.41. The molecule has 1 rings (SSSR count). The summed E-state index contributed by atoms with van der Waals surface area (Å²) in [6.45, 7) is 0. The molecule has 7 nitrogen and oxygen atoms in total. The number of carboxylic acid groups (broad SMARTS) is 1. The largest absolute Gasteiger partial charge is 1.00 e. The Balaban J connectivity index is 0.00000289. The Labute approximate surface area is 126 Å². The van der Waals surface area contributed by atoms with Gasteiger partial charge in [0.2, 0.25) is 0 Å². The third-order valence-electron chi connectivity index (χ3n) is 2.05. The van der Waals surface area contributed by atoms with Gasteiger partial charge in [0.1, 0.15) is 11.5 Å². The second-order valence-corrected chi connectivity index (χ2v) is 4.86. The Morgan fingerprint density at radius 3 is 2.44 bits per heavy atom. The van der Waals surface area contributed by atoms with E-state index in [9.17, 15) is 23.4 Å². The molecule has 18 heavy (non-hydrogen) atoms. The van der Waals surface area contributed by atoms with Gasteiger partial charge in [-0.15, -0.1) is 0 Å². The molecule has 94 valence electrons. The van der Waals surface area contributed by atoms with Crippen LogP contribution in [-0.2, 0) is 20.7 Å². The van der Waals surface area contributed by atoms with Crippen molar-refractivity contribution in [3.63, 3.8) is 0 Å². The predicted octanol–water partition coefficient (Wildman–Crippen LogP) is -4.47. The van der Waals surface area contributed by atoms with Crippen LogP contribution in [0.25, 0.3) is 0 Å². The Morgan fingerprint density at radius 1 is 1.44 bits per heavy atom. The summed E-state index contributed by atoms with van der Waals surface area (Å²) in [6, 6.07) is 1.97. The van der Waals surface area contributed by atoms with Gasteiger partial charge in [0.05, 0.1) is 12.0 Å². The number of hydrogen-bond donors (Lipinski definition) is 3. The fraction of sp³-hybridized carbons (Fsp3) is 0.222. The maximum absolute atomic E-state index is 10.7. The van der Waals surface area contributed by atoms with E-state index in [2.05, 4.69) is 0 Å². The van der Waals surface area contributed by atoms with Crippen molar-refractivity contribution in [2.45, 2.75) is 11.8 Å². The molecule has 0 radical (unpaired) electrons. The molecule has 0 aliphatic rings. The summed E-state index contributed by atoms with van der Waals surface area (Å²) in [4.78, 5) is 10.5. The zero-order valence-electron chi connectivity index (χ0n) is 9.53. The molecule has 0 saturated carbocycles. The number of rotatable bonds is 4. The molecule has 0 aromatic heterocycles. The summed E-state index contributed by atoms with van der Waals surface area (Å²) in [5.74, 6) is -2.74. The van der Waals surface area contributed by atoms with Crippen LogP contribution < -0.4 is 40.4 Å². The van der Waals surface area contributed by atoms with Crippen LogP contribution in [0.2, 0.25) is 0 Å². The molecule has 0 saturated heterocycles. The van der Waals surface area contributed by atoms with Gasteiger partial charge >= 0.3 is 29.6 Å². The number of carbonyl (C=O) groups excluding carboxylic acids is 1. The van der Waals surface area contributed by atoms with Gasteiger partial charge in [0.25, 0.3) is 10.1 Å². The SMILES string of the molecule is NC(C(=O)[O-])c1ccc(O)c(CS(=O)(=O)O)c1.[Na+]. The third kappa shape index (κ3) is 4.92. The maximum Gasteiger partial charge on any atom is 1.00 e. The van der Waals surface area contributed by atoms with Crippen LogP contribution in [0.4, 0.5) is 0 Å². The summed E-state index contributed by atoms with van der Waals surface area (Å²) in [7, 11) is -4.33. The van der Waals surface area contributed by atoms with Gasteiger partial charge in [0.15, 0.2) is 0 Å². The van der Waals surface area contributed by atoms with Gasteiger partial charge in [-0.25, -0.2) is 0 Å². The van der Waals surface area contributed by atoms with E-state index in [1.165, 1.54) is 6.07 Å². The number of nitrogens with two attached hydrogens (primary N) is 1. The zero-order valence-corrected chi connectivity index (χ0v) is 12.3. The summed E-state index contributed by atoms with van der Waals surface area (Å²) in [6.07, 6.45) is 0. The van der Waals surface area contributed by atoms with E-state index in [4.69, 9.17) is 10.3 Å². The van der Waals surface area contributed by atoms with Crippen LogP contribution in [0.3, 0.4) is 0 Å². The van der Waals surface area contributed by atoms with Crippen molar-refractivity contribution in [2.24, 2.45) is 5.73 Å². The number of phenols is 1. The molecular weight excluding hydrogens is 273 g/mol. The summed E-state index contributed by atoms with van der Waals surface area (Å²) in [5, 5.41) is 19.9. The van der Waals surface area contributed by atoms with E-state index in [1.807, 2.05) is 0 Å². The summed E-state index contributed by atoms with van der Waals surface area (Å²) >= 11 is 0. The van der Waals surface area contributed by atoms with Gasteiger partial charge in [-0.3, -0.25) is 4.55 Å². The Bertz CT molecular complexity index is 544. The number of carbonyl (C=O) groups is 1. The zero-order chi connectivity index (χ0) is 13.2. The van der Waals surface area contributed by atoms with E-state index in [1.54, 1.807) is 0 Å². The molecule has 0 bridgehead atoms. The monoisotopic (exact) mass is 283 g/mol. The molecular formula is C9H10NNaO6S. The first-order valence-electron chi connectivity index (χ1n) is 4.44. The van der Waals surface area contributed by atoms with Gasteiger partial charge in [0, 0.05) is 5.56 Å². The fourth-order valence-electron chi connectivity index (χ4n) is 1.25. The molecule has 4 N–H and O–H groups in total. The van der Waals surface area contributed by atoms with Crippen LogP contribution in [0.15, 0.2) is 18.2 Å². The molecule has 0 fully saturated rings. The second kappa shape index (κ2) is 6.50. The van der Waals surface area contributed by atoms with E-state index >= 15 is 0 Å². The molecule has 1 atom stereocenters. The first-order valence-corrected chi connectivity index (χ1v) is 6.05. The summed E-state index contributed by atoms with van der Waals surface area (Å²) < 4.78 is 29.9. The summed E-state index contributed by atoms with van der Waals surface area (Å²) in [5.41, 5.74) is 5.20. The van der Waals surface area contributed by atoms with Crippen molar-refractivity contribution in [3.05, 3.63) is 29.3 Å². The van der Waals surface area contributed by atoms with Crippen molar-refractivity contribution >= 4 is 16.1 Å². The molecule has 1 aromatic rings. The van der Waals surface area contributed by atoms with Gasteiger partial charge in [-0.05, 0) is 17.7 Å². The molecule has 0 amide bonds. The van der Waals surface area contributed by atoms with Crippen LogP contribution in [-0.4, -0.2) is 24.0 Å². The number of hydrogen-bond acceptors (Lipinski definition) is 6. The topological polar surface area (TPSA) is 141 Å². The van der Waals surface area contributed by atoms with Crippen molar-refractivity contribution in [3.8, 4) is 5.75 Å². The fourth-order valence-corrected chi connectivity index (χ4v) is 1.87. The van der Waals surface area contributed by atoms with Gasteiger partial charge in [-0.1, -0.05) is 6.07 Å². The van der Waals surface area contributed by atoms with Crippen molar-refractivity contribution in [2.75, 3.05) is 0 Å². The number of aromatic hydroxyl groups is 1. The number of benzene rings is 1. The normalized spacial score (nSPS) is 12.6. The number of aliphatic carboxylic acids is 1. The first-order chi connectivity index (χ1) is 7.70. The molecule has 0 spiro atoms. The van der Waals surface area contributed by atoms with Crippen LogP contribution >= 0.6 is 0 Å². The minimum absolute atomic E-state index is 0. The maximum atomic E-state index is 10.7. The first kappa shape index (κ1) is 17.4. The Kier molecular flexibility index (Phi) is 6.27. The van der Waals surface area contributed by atoms with Crippen LogP contribution in [0.1, 0.15) is 17.2 Å². The number of phenolic OH excluding ortho intramolecular Hbond substituents is 1. The average Bonchev–Trinajstić information content (AvgIpc) is 2.18. The predicted molar refractivity (Wildman–Crippen MR) is 55.3 cm³/mol. The van der Waals surface area contributed by atoms with Crippen molar-refractivity contribution in [1.82, 2.24) is 0 Å². The smallest absolute Gasteiger partial charge is 0.548 e. The Morgan fingerprint density at radius 2 is 2.00 bits per heavy atom. The van der Waals surface area contributed by atoms with E-state index in [-0.39, 0.29) is 46.4 Å². The minimum Gasteiger partial charge on any atom is -0.548 e. The standard InChI is InChI=1S/C9H11NO6S.Na/c10-8(9(12)13)5-1-2-7(11)6(3-5)4-17(14,15)16;/h1-3,8,11H,4,10H2,(H,12,13)(H,14,15,16);/q;+1/p-1. The third-order valence-corrected chi connectivity index (χ3v) is 2.73. The van der Waals surface area contributed by atoms with Crippen molar-refractivity contribution in [1.29, 1.82) is 0 Å². The average molecular weight is 283 g/mol. The molecule has 0 heterocycles. The van der Waals surface area contributed by atoms with E-state index in [0.29, 0.717) is 0 Å². The molecule has 1 aromatic carbocycles. The van der Waals surface area contributed by atoms with Gasteiger partial charge in [-0.2, -0.15) is 8.42 Å².